The topological polar surface area (TPSA) is 117 Å². The molecule has 7 heteroatoms. The summed E-state index contributed by atoms with van der Waals surface area (Å²) in [5, 5.41) is 19.5. The van der Waals surface area contributed by atoms with E-state index in [-0.39, 0.29) is 23.2 Å². The van der Waals surface area contributed by atoms with Gasteiger partial charge in [-0.2, -0.15) is 5.26 Å². The Morgan fingerprint density at radius 3 is 2.96 bits per heavy atom. The molecular formula is C16H13N5O2. The standard InChI is InChI=1S/C16H13N5O2/c1-2-10-12-14(21-20-10)23-13(18)9(7-17)16(12)8-5-3-4-6-11(8)19-15(16)22/h3-6H,2,18H2,1H3,(H,19,22)(H,20,21)/t16-/m0/s1. The van der Waals surface area contributed by atoms with Crippen molar-refractivity contribution in [2.24, 2.45) is 5.73 Å². The number of nitriles is 1. The monoisotopic (exact) mass is 307 g/mol. The van der Waals surface area contributed by atoms with Gasteiger partial charge in [-0.1, -0.05) is 25.1 Å². The number of anilines is 1. The van der Waals surface area contributed by atoms with Gasteiger partial charge in [-0.05, 0) is 12.5 Å². The predicted molar refractivity (Wildman–Crippen MR) is 81.3 cm³/mol. The minimum Gasteiger partial charge on any atom is -0.420 e. The molecule has 0 fully saturated rings. The normalized spacial score (nSPS) is 21.5. The van der Waals surface area contributed by atoms with E-state index < -0.39 is 5.41 Å². The van der Waals surface area contributed by atoms with Crippen molar-refractivity contribution in [2.75, 3.05) is 5.32 Å². The number of aromatic nitrogens is 2. The van der Waals surface area contributed by atoms with E-state index in [1.54, 1.807) is 6.07 Å². The number of carbonyl (C=O) groups is 1. The number of nitrogens with one attached hydrogen (secondary N) is 2. The van der Waals surface area contributed by atoms with Crippen LogP contribution in [0.5, 0.6) is 5.88 Å². The van der Waals surface area contributed by atoms with E-state index in [1.165, 1.54) is 0 Å². The highest BCUT2D eigenvalue weighted by molar-refractivity contribution is 6.12. The molecule has 0 unspecified atom stereocenters. The summed E-state index contributed by atoms with van der Waals surface area (Å²) < 4.78 is 5.48. The second-order valence-electron chi connectivity index (χ2n) is 5.44. The average molecular weight is 307 g/mol. The molecule has 1 atom stereocenters. The van der Waals surface area contributed by atoms with Crippen LogP contribution in [0.1, 0.15) is 23.7 Å². The zero-order valence-electron chi connectivity index (χ0n) is 12.3. The Morgan fingerprint density at radius 1 is 1.43 bits per heavy atom. The lowest BCUT2D eigenvalue weighted by Crippen LogP contribution is -2.42. The molecule has 1 aromatic carbocycles. The van der Waals surface area contributed by atoms with Gasteiger partial charge in [-0.3, -0.25) is 9.89 Å². The third-order valence-electron chi connectivity index (χ3n) is 4.40. The van der Waals surface area contributed by atoms with Gasteiger partial charge < -0.3 is 15.8 Å². The molecule has 2 aliphatic heterocycles. The average Bonchev–Trinajstić information content (AvgIpc) is 3.08. The van der Waals surface area contributed by atoms with Crippen molar-refractivity contribution in [3.05, 3.63) is 52.5 Å². The number of carbonyl (C=O) groups excluding carboxylic acids is 1. The number of para-hydroxylation sites is 1. The van der Waals surface area contributed by atoms with Gasteiger partial charge in [0.2, 0.25) is 17.7 Å². The smallest absolute Gasteiger partial charge is 0.245 e. The predicted octanol–water partition coefficient (Wildman–Crippen LogP) is 1.30. The second-order valence-corrected chi connectivity index (χ2v) is 5.44. The highest BCUT2D eigenvalue weighted by Crippen LogP contribution is 2.53. The molecule has 4 rings (SSSR count). The summed E-state index contributed by atoms with van der Waals surface area (Å²) >= 11 is 0. The largest absolute Gasteiger partial charge is 0.420 e. The van der Waals surface area contributed by atoms with Gasteiger partial charge >= 0.3 is 0 Å². The van der Waals surface area contributed by atoms with Crippen LogP contribution in [-0.2, 0) is 16.6 Å². The van der Waals surface area contributed by atoms with E-state index in [1.807, 2.05) is 25.1 Å². The molecule has 3 heterocycles. The fourth-order valence-corrected chi connectivity index (χ4v) is 3.43. The van der Waals surface area contributed by atoms with Crippen LogP contribution in [0, 0.1) is 11.3 Å². The van der Waals surface area contributed by atoms with Crippen LogP contribution in [0.3, 0.4) is 0 Å². The van der Waals surface area contributed by atoms with Gasteiger partial charge in [0.05, 0.1) is 5.56 Å². The van der Waals surface area contributed by atoms with Crippen molar-refractivity contribution in [3.63, 3.8) is 0 Å². The third-order valence-corrected chi connectivity index (χ3v) is 4.40. The van der Waals surface area contributed by atoms with Gasteiger partial charge in [0.25, 0.3) is 0 Å². The van der Waals surface area contributed by atoms with Crippen LogP contribution in [0.25, 0.3) is 0 Å². The number of ether oxygens (including phenoxy) is 1. The molecule has 7 nitrogen and oxygen atoms in total. The summed E-state index contributed by atoms with van der Waals surface area (Å²) in [6.07, 6.45) is 0.613. The van der Waals surface area contributed by atoms with E-state index in [2.05, 4.69) is 21.6 Å². The number of hydrogen-bond acceptors (Lipinski definition) is 5. The van der Waals surface area contributed by atoms with Crippen LogP contribution >= 0.6 is 0 Å². The van der Waals surface area contributed by atoms with Crippen LogP contribution in [0.2, 0.25) is 0 Å². The highest BCUT2D eigenvalue weighted by Gasteiger charge is 2.58. The summed E-state index contributed by atoms with van der Waals surface area (Å²) in [6.45, 7) is 1.94. The molecule has 1 spiro atoms. The van der Waals surface area contributed by atoms with Crippen molar-refractivity contribution in [1.82, 2.24) is 10.2 Å². The van der Waals surface area contributed by atoms with Crippen LogP contribution in [0.4, 0.5) is 5.69 Å². The summed E-state index contributed by atoms with van der Waals surface area (Å²) in [7, 11) is 0. The van der Waals surface area contributed by atoms with E-state index in [0.29, 0.717) is 23.2 Å². The molecule has 2 aromatic rings. The second kappa shape index (κ2) is 4.36. The number of nitrogens with zero attached hydrogens (tertiary/aromatic N) is 2. The number of fused-ring (bicyclic) bond motifs is 4. The Hall–Kier alpha value is -3.27. The Balaban J connectivity index is 2.17. The summed E-state index contributed by atoms with van der Waals surface area (Å²) in [6, 6.07) is 9.34. The number of aryl methyl sites for hydroxylation is 1. The Kier molecular flexibility index (Phi) is 2.54. The van der Waals surface area contributed by atoms with Crippen LogP contribution < -0.4 is 15.8 Å². The highest BCUT2D eigenvalue weighted by atomic mass is 16.5. The Bertz CT molecular complexity index is 921. The number of benzene rings is 1. The lowest BCUT2D eigenvalue weighted by Gasteiger charge is -2.31. The summed E-state index contributed by atoms with van der Waals surface area (Å²) in [5.74, 6) is -0.176. The number of H-pyrrole nitrogens is 1. The SMILES string of the molecule is CCc1[nH]nc2c1[C@@]1(C(=O)Nc3ccccc31)C(C#N)=C(N)O2. The summed E-state index contributed by atoms with van der Waals surface area (Å²) in [4.78, 5) is 13.0. The number of nitrogens with two attached hydrogens (primary N) is 1. The number of amides is 1. The molecule has 2 aliphatic rings. The molecule has 1 aromatic heterocycles. The van der Waals surface area contributed by atoms with Crippen LogP contribution in [-0.4, -0.2) is 16.1 Å². The first-order chi connectivity index (χ1) is 11.1. The number of aromatic amines is 1. The molecule has 114 valence electrons. The molecule has 0 aliphatic carbocycles. The maximum Gasteiger partial charge on any atom is 0.245 e. The maximum atomic E-state index is 13.0. The van der Waals surface area contributed by atoms with E-state index in [0.717, 1.165) is 5.69 Å². The van der Waals surface area contributed by atoms with Gasteiger partial charge in [-0.15, -0.1) is 5.10 Å². The minimum absolute atomic E-state index is 0.0866. The van der Waals surface area contributed by atoms with Crippen molar-refractivity contribution >= 4 is 11.6 Å². The first-order valence-electron chi connectivity index (χ1n) is 7.21. The Labute approximate surface area is 131 Å². The lowest BCUT2D eigenvalue weighted by molar-refractivity contribution is -0.118. The maximum absolute atomic E-state index is 13.0. The first kappa shape index (κ1) is 13.4. The fraction of sp³-hybridized carbons (Fsp3) is 0.188. The van der Waals surface area contributed by atoms with Crippen molar-refractivity contribution < 1.29 is 9.53 Å². The van der Waals surface area contributed by atoms with Gasteiger partial charge in [-0.25, -0.2) is 0 Å². The third kappa shape index (κ3) is 1.42. The van der Waals surface area contributed by atoms with Crippen LogP contribution in [0.15, 0.2) is 35.7 Å². The Morgan fingerprint density at radius 2 is 2.22 bits per heavy atom. The quantitative estimate of drug-likeness (QED) is 0.734. The number of hydrogen-bond donors (Lipinski definition) is 3. The minimum atomic E-state index is -1.32. The van der Waals surface area contributed by atoms with Gasteiger partial charge in [0, 0.05) is 16.9 Å². The molecular weight excluding hydrogens is 294 g/mol. The van der Waals surface area contributed by atoms with E-state index >= 15 is 0 Å². The van der Waals surface area contributed by atoms with E-state index in [4.69, 9.17) is 10.5 Å². The summed E-state index contributed by atoms with van der Waals surface area (Å²) in [5.41, 5.74) is 7.35. The molecule has 0 saturated carbocycles. The molecule has 0 radical (unpaired) electrons. The van der Waals surface area contributed by atoms with Crippen molar-refractivity contribution in [1.29, 1.82) is 5.26 Å². The molecule has 1 amide bonds. The molecule has 23 heavy (non-hydrogen) atoms. The van der Waals surface area contributed by atoms with Crippen molar-refractivity contribution in [3.8, 4) is 11.9 Å². The zero-order chi connectivity index (χ0) is 16.2. The number of rotatable bonds is 1. The van der Waals surface area contributed by atoms with E-state index in [9.17, 15) is 10.1 Å². The van der Waals surface area contributed by atoms with Crippen molar-refractivity contribution in [2.45, 2.75) is 18.8 Å². The van der Waals surface area contributed by atoms with Gasteiger partial charge in [0.15, 0.2) is 0 Å². The molecule has 4 N–H and O–H groups in total. The zero-order valence-corrected chi connectivity index (χ0v) is 12.3. The molecule has 0 bridgehead atoms. The first-order valence-corrected chi connectivity index (χ1v) is 7.21. The lowest BCUT2D eigenvalue weighted by atomic mass is 9.69. The van der Waals surface area contributed by atoms with Gasteiger partial charge in [0.1, 0.15) is 17.1 Å². The fourth-order valence-electron chi connectivity index (χ4n) is 3.43. The molecule has 0 saturated heterocycles.